The second-order valence-corrected chi connectivity index (χ2v) is 11.1. The summed E-state index contributed by atoms with van der Waals surface area (Å²) in [6, 6.07) is 26.0. The minimum atomic E-state index is -1.60. The van der Waals surface area contributed by atoms with Gasteiger partial charge in [0.25, 0.3) is 0 Å². The van der Waals surface area contributed by atoms with Gasteiger partial charge in [-0.25, -0.2) is 0 Å². The summed E-state index contributed by atoms with van der Waals surface area (Å²) in [5, 5.41) is 0. The van der Waals surface area contributed by atoms with Crippen molar-refractivity contribution in [3.8, 4) is 11.5 Å². The first-order valence-electron chi connectivity index (χ1n) is 14.0. The zero-order chi connectivity index (χ0) is 29.2. The van der Waals surface area contributed by atoms with E-state index in [1.165, 1.54) is 0 Å². The number of Topliss-reactive ketones (excluding diaryl/α,β-unsaturated/α-hetero) is 3. The first-order valence-corrected chi connectivity index (χ1v) is 14.0. The molecule has 0 radical (unpaired) electrons. The van der Waals surface area contributed by atoms with Gasteiger partial charge in [0, 0.05) is 39.9 Å². The lowest BCUT2D eigenvalue weighted by atomic mass is 9.64. The number of ether oxygens (including phenoxy) is 2. The van der Waals surface area contributed by atoms with E-state index in [1.54, 1.807) is 50.6 Å². The molecule has 4 aromatic rings. The van der Waals surface area contributed by atoms with Crippen LogP contribution >= 0.6 is 0 Å². The molecule has 1 aliphatic carbocycles. The number of para-hydroxylation sites is 1. The molecule has 3 aliphatic rings. The monoisotopic (exact) mass is 555 g/mol. The third-order valence-electron chi connectivity index (χ3n) is 9.09. The second-order valence-electron chi connectivity index (χ2n) is 11.1. The van der Waals surface area contributed by atoms with Crippen molar-refractivity contribution in [1.29, 1.82) is 0 Å². The van der Waals surface area contributed by atoms with E-state index in [9.17, 15) is 14.4 Å². The van der Waals surface area contributed by atoms with Crippen molar-refractivity contribution in [2.24, 2.45) is 5.41 Å². The van der Waals surface area contributed by atoms with E-state index in [-0.39, 0.29) is 17.3 Å². The Kier molecular flexibility index (Phi) is 5.91. The fraction of sp³-hybridized carbons (Fsp3) is 0.194. The standard InChI is InChI=1S/C36H29NO5/c1-21-12-14-23(15-13-21)33(38)32-31(27-18-17-24(41-2)20-29(27)42-3)36(34(39)25-9-5-6-10-26(25)35(36)40)30-19-16-22-8-4-7-11-28(22)37(30)32/h4-20,30-32H,1-3H3/t30-,31+,32-/m0/s1. The van der Waals surface area contributed by atoms with Crippen LogP contribution < -0.4 is 14.4 Å². The van der Waals surface area contributed by atoms with E-state index >= 15 is 0 Å². The van der Waals surface area contributed by atoms with Crippen LogP contribution in [-0.2, 0) is 0 Å². The molecule has 0 saturated carbocycles. The van der Waals surface area contributed by atoms with E-state index in [2.05, 4.69) is 0 Å². The smallest absolute Gasteiger partial charge is 0.185 e. The molecule has 4 aromatic carbocycles. The summed E-state index contributed by atoms with van der Waals surface area (Å²) in [6.07, 6.45) is 3.89. The Hall–Kier alpha value is -4.97. The van der Waals surface area contributed by atoms with Crippen LogP contribution in [0.1, 0.15) is 53.7 Å². The molecular weight excluding hydrogens is 526 g/mol. The van der Waals surface area contributed by atoms with Crippen LogP contribution in [0.5, 0.6) is 11.5 Å². The van der Waals surface area contributed by atoms with Crippen LogP contribution in [0, 0.1) is 12.3 Å². The third-order valence-corrected chi connectivity index (χ3v) is 9.09. The highest BCUT2D eigenvalue weighted by Crippen LogP contribution is 2.62. The Balaban J connectivity index is 1.57. The van der Waals surface area contributed by atoms with E-state index in [1.807, 2.05) is 78.6 Å². The van der Waals surface area contributed by atoms with Crippen molar-refractivity contribution in [3.63, 3.8) is 0 Å². The summed E-state index contributed by atoms with van der Waals surface area (Å²) in [6.45, 7) is 1.97. The molecule has 7 rings (SSSR count). The molecule has 2 heterocycles. The summed E-state index contributed by atoms with van der Waals surface area (Å²) in [5.74, 6) is -0.552. The third kappa shape index (κ3) is 3.41. The minimum absolute atomic E-state index is 0.165. The molecule has 6 nitrogen and oxygen atoms in total. The van der Waals surface area contributed by atoms with Crippen molar-refractivity contribution in [2.75, 3.05) is 19.1 Å². The maximum atomic E-state index is 14.8. The molecule has 0 unspecified atom stereocenters. The molecule has 1 saturated heterocycles. The van der Waals surface area contributed by atoms with Gasteiger partial charge < -0.3 is 14.4 Å². The molecule has 0 aromatic heterocycles. The Morgan fingerprint density at radius 1 is 0.810 bits per heavy atom. The zero-order valence-electron chi connectivity index (χ0n) is 23.5. The van der Waals surface area contributed by atoms with Crippen LogP contribution in [0.3, 0.4) is 0 Å². The number of benzene rings is 4. The van der Waals surface area contributed by atoms with Gasteiger partial charge in [-0.15, -0.1) is 0 Å². The van der Waals surface area contributed by atoms with Crippen LogP contribution in [0.25, 0.3) is 6.08 Å². The number of anilines is 1. The Labute approximate surface area is 244 Å². The van der Waals surface area contributed by atoms with Crippen LogP contribution in [-0.4, -0.2) is 43.7 Å². The summed E-state index contributed by atoms with van der Waals surface area (Å²) in [4.78, 5) is 46.4. The number of aryl methyl sites for hydroxylation is 1. The molecule has 3 atom stereocenters. The maximum Gasteiger partial charge on any atom is 0.185 e. The molecule has 0 amide bonds. The number of methoxy groups -OCH3 is 2. The van der Waals surface area contributed by atoms with E-state index < -0.39 is 23.4 Å². The number of nitrogens with zero attached hydrogens (tertiary/aromatic N) is 1. The lowest BCUT2D eigenvalue weighted by Crippen LogP contribution is -2.48. The average Bonchev–Trinajstić information content (AvgIpc) is 3.46. The van der Waals surface area contributed by atoms with E-state index in [4.69, 9.17) is 9.47 Å². The normalized spacial score (nSPS) is 21.2. The van der Waals surface area contributed by atoms with Crippen molar-refractivity contribution < 1.29 is 23.9 Å². The second kappa shape index (κ2) is 9.55. The van der Waals surface area contributed by atoms with Gasteiger partial charge in [-0.1, -0.05) is 90.5 Å². The SMILES string of the molecule is COc1ccc([C@@H]2[C@@H](C(=O)c3ccc(C)cc3)N3c4ccccc4C=C[C@H]3C23C(=O)c2ccccc2C3=O)c(OC)c1. The maximum absolute atomic E-state index is 14.8. The quantitative estimate of drug-likeness (QED) is 0.212. The number of fused-ring (bicyclic) bond motifs is 5. The van der Waals surface area contributed by atoms with Gasteiger partial charge in [-0.05, 0) is 24.6 Å². The number of carbonyl (C=O) groups excluding carboxylic acids is 3. The fourth-order valence-corrected chi connectivity index (χ4v) is 7.22. The highest BCUT2D eigenvalue weighted by molar-refractivity contribution is 6.32. The first-order chi connectivity index (χ1) is 20.4. The fourth-order valence-electron chi connectivity index (χ4n) is 7.22. The van der Waals surface area contributed by atoms with Crippen molar-refractivity contribution in [3.05, 3.63) is 130 Å². The number of carbonyl (C=O) groups is 3. The molecule has 42 heavy (non-hydrogen) atoms. The number of ketones is 3. The highest BCUT2D eigenvalue weighted by atomic mass is 16.5. The summed E-state index contributed by atoms with van der Waals surface area (Å²) in [5.41, 5.74) is 3.06. The molecule has 2 aliphatic heterocycles. The van der Waals surface area contributed by atoms with Crippen LogP contribution in [0.15, 0.2) is 97.1 Å². The van der Waals surface area contributed by atoms with E-state index in [0.29, 0.717) is 33.8 Å². The predicted molar refractivity (Wildman–Crippen MR) is 161 cm³/mol. The molecule has 0 bridgehead atoms. The zero-order valence-corrected chi connectivity index (χ0v) is 23.5. The van der Waals surface area contributed by atoms with Gasteiger partial charge >= 0.3 is 0 Å². The van der Waals surface area contributed by atoms with Crippen LogP contribution in [0.2, 0.25) is 0 Å². The van der Waals surface area contributed by atoms with Gasteiger partial charge in [0.15, 0.2) is 17.3 Å². The largest absolute Gasteiger partial charge is 0.497 e. The Morgan fingerprint density at radius 2 is 1.48 bits per heavy atom. The number of rotatable bonds is 5. The molecule has 1 spiro atoms. The summed E-state index contributed by atoms with van der Waals surface area (Å²) >= 11 is 0. The van der Waals surface area contributed by atoms with Gasteiger partial charge in [0.2, 0.25) is 0 Å². The number of hydrogen-bond acceptors (Lipinski definition) is 6. The van der Waals surface area contributed by atoms with Gasteiger partial charge in [0.05, 0.1) is 20.3 Å². The molecule has 1 fully saturated rings. The lowest BCUT2D eigenvalue weighted by molar-refractivity contribution is 0.0665. The van der Waals surface area contributed by atoms with Gasteiger partial charge in [-0.2, -0.15) is 0 Å². The molecule has 0 N–H and O–H groups in total. The predicted octanol–water partition coefficient (Wildman–Crippen LogP) is 6.33. The average molecular weight is 556 g/mol. The topological polar surface area (TPSA) is 72.9 Å². The molecule has 6 heteroatoms. The minimum Gasteiger partial charge on any atom is -0.497 e. The first kappa shape index (κ1) is 26.0. The number of hydrogen-bond donors (Lipinski definition) is 0. The van der Waals surface area contributed by atoms with Crippen molar-refractivity contribution >= 4 is 29.1 Å². The Bertz CT molecular complexity index is 1770. The molecular formula is C36H29NO5. The summed E-state index contributed by atoms with van der Waals surface area (Å²) in [7, 11) is 3.12. The van der Waals surface area contributed by atoms with Gasteiger partial charge in [-0.3, -0.25) is 14.4 Å². The Morgan fingerprint density at radius 3 is 2.14 bits per heavy atom. The summed E-state index contributed by atoms with van der Waals surface area (Å²) < 4.78 is 11.4. The van der Waals surface area contributed by atoms with Crippen molar-refractivity contribution in [1.82, 2.24) is 0 Å². The van der Waals surface area contributed by atoms with Crippen molar-refractivity contribution in [2.45, 2.75) is 24.9 Å². The van der Waals surface area contributed by atoms with E-state index in [0.717, 1.165) is 16.8 Å². The lowest BCUT2D eigenvalue weighted by Gasteiger charge is -2.37. The molecule has 208 valence electrons. The van der Waals surface area contributed by atoms with Crippen LogP contribution in [0.4, 0.5) is 5.69 Å². The highest BCUT2D eigenvalue weighted by Gasteiger charge is 2.71. The van der Waals surface area contributed by atoms with Gasteiger partial charge in [0.1, 0.15) is 23.0 Å².